The molecule has 8 aliphatic carbocycles. The summed E-state index contributed by atoms with van der Waals surface area (Å²) in [6.07, 6.45) is 16.9. The molecule has 0 aromatic rings. The summed E-state index contributed by atoms with van der Waals surface area (Å²) < 4.78 is 52.3. The van der Waals surface area contributed by atoms with E-state index >= 15 is 0 Å². The zero-order valence-electron chi connectivity index (χ0n) is 47.6. The maximum Gasteiger partial charge on any atom is 0.347 e. The molecule has 424 valence electrons. The van der Waals surface area contributed by atoms with Crippen LogP contribution in [-0.4, -0.2) is 101 Å². The summed E-state index contributed by atoms with van der Waals surface area (Å²) in [6.45, 7) is 28.7. The maximum absolute atomic E-state index is 11.9. The van der Waals surface area contributed by atoms with Crippen LogP contribution in [0.2, 0.25) is 0 Å². The number of cyclic esters (lactones) is 1. The molecule has 8 saturated carbocycles. The Hall–Kier alpha value is -3.60. The predicted octanol–water partition coefficient (Wildman–Crippen LogP) is 10.8. The Balaban J connectivity index is 0.000000216. The van der Waals surface area contributed by atoms with Crippen LogP contribution in [0.3, 0.4) is 0 Å². The number of hydrogen-bond donors (Lipinski definition) is 0. The van der Waals surface area contributed by atoms with Gasteiger partial charge in [-0.1, -0.05) is 34.3 Å². The van der Waals surface area contributed by atoms with Crippen LogP contribution in [0, 0.1) is 69.0 Å². The van der Waals surface area contributed by atoms with Gasteiger partial charge in [0.1, 0.15) is 0 Å². The smallest absolute Gasteiger partial charge is 0.347 e. The second-order valence-electron chi connectivity index (χ2n) is 24.7. The Morgan fingerprint density at radius 1 is 0.500 bits per heavy atom. The molecular weight excluding hydrogens is 953 g/mol. The van der Waals surface area contributed by atoms with Gasteiger partial charge in [0.05, 0.1) is 53.7 Å². The van der Waals surface area contributed by atoms with Gasteiger partial charge in [-0.25, -0.2) is 9.59 Å². The molecule has 8 bridgehead atoms. The van der Waals surface area contributed by atoms with Crippen molar-refractivity contribution in [1.29, 1.82) is 0 Å². The number of carbonyl (C=O) groups is 6. The van der Waals surface area contributed by atoms with Crippen molar-refractivity contribution in [1.82, 2.24) is 0 Å². The van der Waals surface area contributed by atoms with Crippen molar-refractivity contribution in [3.8, 4) is 0 Å². The molecule has 16 heteroatoms. The van der Waals surface area contributed by atoms with Gasteiger partial charge in [0.2, 0.25) is 6.10 Å². The minimum atomic E-state index is -0.687. The SMILES string of the molecule is C=C(C)C(=O)OCOC1C2CC3CC(C2)CC1C3.CCC(C)(C)C(=O)OC1CCOC1=O.CCC(C)(C)C(=O)OCOC1C2CC3CC(C2)CC1C3.CCC(C)(C)C(=O)OCOCCOCOC(=O)C(C)(C)CC. The van der Waals surface area contributed by atoms with Crippen LogP contribution in [-0.2, 0) is 76.1 Å². The summed E-state index contributed by atoms with van der Waals surface area (Å²) in [6, 6.07) is 0. The number of hydrogen-bond acceptors (Lipinski definition) is 16. The Morgan fingerprint density at radius 3 is 1.14 bits per heavy atom. The first-order valence-electron chi connectivity index (χ1n) is 27.9. The lowest BCUT2D eigenvalue weighted by Crippen LogP contribution is -2.49. The van der Waals surface area contributed by atoms with Crippen molar-refractivity contribution in [2.75, 3.05) is 47.0 Å². The number of carbonyl (C=O) groups excluding carboxylic acids is 6. The first-order chi connectivity index (χ1) is 34.8. The average Bonchev–Trinajstić information content (AvgIpc) is 3.76. The zero-order valence-corrected chi connectivity index (χ0v) is 47.6. The van der Waals surface area contributed by atoms with E-state index in [1.165, 1.54) is 64.2 Å². The van der Waals surface area contributed by atoms with E-state index in [0.29, 0.717) is 61.9 Å². The van der Waals surface area contributed by atoms with Gasteiger partial charge in [-0.3, -0.25) is 19.2 Å². The van der Waals surface area contributed by atoms with Crippen LogP contribution >= 0.6 is 0 Å². The van der Waals surface area contributed by atoms with Gasteiger partial charge in [-0.15, -0.1) is 0 Å². The van der Waals surface area contributed by atoms with Crippen molar-refractivity contribution < 1.29 is 76.1 Å². The summed E-state index contributed by atoms with van der Waals surface area (Å²) in [5.41, 5.74) is -1.49. The van der Waals surface area contributed by atoms with E-state index in [0.717, 1.165) is 41.9 Å². The summed E-state index contributed by atoms with van der Waals surface area (Å²) in [7, 11) is 0. The van der Waals surface area contributed by atoms with E-state index in [4.69, 9.17) is 47.4 Å². The first-order valence-corrected chi connectivity index (χ1v) is 27.9. The minimum Gasteiger partial charge on any atom is -0.463 e. The number of ether oxygens (including phenoxy) is 10. The standard InChI is InChI=1S/C17H28O3.C16H30O6.C15H22O3.C10H16O4/c1-4-17(2,3)16(18)20-10-19-15-13-6-11-5-12(8-13)9-14(15)7-11;1-7-15(3,4)13(17)21-11-19-9-10-20-12-22-14(18)16(5,6)8-2;1-9(2)15(16)18-8-17-14-12-4-10-3-11(6-12)7-13(14)5-10;1-4-10(2,3)9(12)14-7-5-6-13-8(7)11/h11-15H,4-10H2,1-3H3;7-12H2,1-6H3;10-14H,1,3-8H2,2H3;7H,4-6H2,1-3H3. The monoisotopic (exact) mass is 1050 g/mol. The normalized spacial score (nSPS) is 28.2. The molecule has 74 heavy (non-hydrogen) atoms. The van der Waals surface area contributed by atoms with Gasteiger partial charge in [0.15, 0.2) is 27.2 Å². The van der Waals surface area contributed by atoms with Crippen LogP contribution in [0.5, 0.6) is 0 Å². The van der Waals surface area contributed by atoms with E-state index in [9.17, 15) is 28.8 Å². The van der Waals surface area contributed by atoms with Crippen LogP contribution in [0.1, 0.15) is 186 Å². The lowest BCUT2D eigenvalue weighted by atomic mass is 9.55. The van der Waals surface area contributed by atoms with E-state index in [-0.39, 0.29) is 70.2 Å². The Morgan fingerprint density at radius 2 is 0.824 bits per heavy atom. The van der Waals surface area contributed by atoms with Crippen molar-refractivity contribution >= 4 is 35.8 Å². The molecule has 0 amide bonds. The van der Waals surface area contributed by atoms with E-state index in [1.807, 2.05) is 69.2 Å². The van der Waals surface area contributed by atoms with Gasteiger partial charge in [0.25, 0.3) is 0 Å². The average molecular weight is 1050 g/mol. The summed E-state index contributed by atoms with van der Waals surface area (Å²) in [5, 5.41) is 0. The van der Waals surface area contributed by atoms with Crippen LogP contribution in [0.4, 0.5) is 0 Å². The summed E-state index contributed by atoms with van der Waals surface area (Å²) in [4.78, 5) is 69.1. The molecule has 1 saturated heterocycles. The van der Waals surface area contributed by atoms with E-state index in [2.05, 4.69) is 6.58 Å². The quantitative estimate of drug-likeness (QED) is 0.0308. The van der Waals surface area contributed by atoms with Gasteiger partial charge in [-0.2, -0.15) is 0 Å². The largest absolute Gasteiger partial charge is 0.463 e. The Labute approximate surface area is 443 Å². The summed E-state index contributed by atoms with van der Waals surface area (Å²) >= 11 is 0. The molecular formula is C58H96O16. The zero-order chi connectivity index (χ0) is 55.0. The lowest BCUT2D eigenvalue weighted by Gasteiger charge is -2.53. The van der Waals surface area contributed by atoms with Crippen LogP contribution in [0.25, 0.3) is 0 Å². The molecule has 1 heterocycles. The van der Waals surface area contributed by atoms with Crippen molar-refractivity contribution in [3.63, 3.8) is 0 Å². The molecule has 0 N–H and O–H groups in total. The highest BCUT2D eigenvalue weighted by atomic mass is 16.7. The van der Waals surface area contributed by atoms with Crippen LogP contribution < -0.4 is 0 Å². The highest BCUT2D eigenvalue weighted by molar-refractivity contribution is 5.86. The highest BCUT2D eigenvalue weighted by Crippen LogP contribution is 2.56. The van der Waals surface area contributed by atoms with Gasteiger partial charge in [-0.05, 0) is 200 Å². The number of rotatable bonds is 23. The molecule has 0 radical (unpaired) electrons. The second-order valence-corrected chi connectivity index (χ2v) is 24.7. The highest BCUT2D eigenvalue weighted by Gasteiger charge is 2.50. The third-order valence-corrected chi connectivity index (χ3v) is 17.3. The fourth-order valence-electron chi connectivity index (χ4n) is 11.2. The molecule has 9 aliphatic rings. The van der Waals surface area contributed by atoms with Gasteiger partial charge < -0.3 is 47.4 Å². The van der Waals surface area contributed by atoms with Gasteiger partial charge in [0, 0.05) is 12.0 Å². The Kier molecular flexibility index (Phi) is 24.4. The third kappa shape index (κ3) is 18.6. The van der Waals surface area contributed by atoms with Crippen LogP contribution in [0.15, 0.2) is 12.2 Å². The van der Waals surface area contributed by atoms with E-state index in [1.54, 1.807) is 20.8 Å². The Bertz CT molecular complexity index is 1760. The second kappa shape index (κ2) is 28.7. The minimum absolute atomic E-state index is 0.0959. The number of esters is 6. The molecule has 9 fully saturated rings. The van der Waals surface area contributed by atoms with E-state index < -0.39 is 33.7 Å². The molecule has 16 nitrogen and oxygen atoms in total. The molecule has 1 atom stereocenters. The third-order valence-electron chi connectivity index (χ3n) is 17.3. The first kappa shape index (κ1) is 62.9. The molecule has 1 aliphatic heterocycles. The topological polar surface area (TPSA) is 195 Å². The molecule has 1 unspecified atom stereocenters. The fourth-order valence-corrected chi connectivity index (χ4v) is 11.2. The van der Waals surface area contributed by atoms with Crippen molar-refractivity contribution in [2.24, 2.45) is 69.0 Å². The predicted molar refractivity (Wildman–Crippen MR) is 276 cm³/mol. The molecule has 9 rings (SSSR count). The molecule has 0 aromatic heterocycles. The van der Waals surface area contributed by atoms with Gasteiger partial charge >= 0.3 is 35.8 Å². The lowest BCUT2D eigenvalue weighted by molar-refractivity contribution is -0.193. The summed E-state index contributed by atoms with van der Waals surface area (Å²) in [5.74, 6) is 4.88. The maximum atomic E-state index is 11.9. The van der Waals surface area contributed by atoms with Crippen molar-refractivity contribution in [3.05, 3.63) is 12.2 Å². The molecule has 0 aromatic carbocycles. The fraction of sp³-hybridized carbons (Fsp3) is 0.862. The molecule has 0 spiro atoms. The van der Waals surface area contributed by atoms with Crippen molar-refractivity contribution in [2.45, 2.75) is 205 Å².